The van der Waals surface area contributed by atoms with Crippen molar-refractivity contribution in [2.24, 2.45) is 11.8 Å². The van der Waals surface area contributed by atoms with Gasteiger partial charge in [-0.15, -0.1) is 0 Å². The third kappa shape index (κ3) is 3.58. The predicted molar refractivity (Wildman–Crippen MR) is 80.5 cm³/mol. The average Bonchev–Trinajstić information content (AvgIpc) is 2.52. The minimum atomic E-state index is -0.944. The lowest BCUT2D eigenvalue weighted by atomic mass is 9.90. The van der Waals surface area contributed by atoms with E-state index in [2.05, 4.69) is 0 Å². The van der Waals surface area contributed by atoms with E-state index in [9.17, 15) is 24.8 Å². The molecule has 1 aliphatic heterocycles. The SMILES string of the molecule is COc1ccc([N+](=O)[O-])cc1C(=O)N1CC(C)CC(C(=O)O)C1. The van der Waals surface area contributed by atoms with Crippen LogP contribution < -0.4 is 4.74 Å². The normalized spacial score (nSPS) is 20.9. The first-order valence-corrected chi connectivity index (χ1v) is 7.18. The number of carboxylic acids is 1. The third-order valence-electron chi connectivity index (χ3n) is 3.92. The van der Waals surface area contributed by atoms with Gasteiger partial charge in [0, 0.05) is 25.2 Å². The molecule has 8 heteroatoms. The molecular weight excluding hydrogens is 304 g/mol. The molecule has 1 fully saturated rings. The zero-order valence-corrected chi connectivity index (χ0v) is 12.9. The summed E-state index contributed by atoms with van der Waals surface area (Å²) in [6.07, 6.45) is 0.505. The second-order valence-corrected chi connectivity index (χ2v) is 5.73. The molecule has 0 radical (unpaired) electrons. The number of hydrogen-bond acceptors (Lipinski definition) is 5. The molecule has 8 nitrogen and oxygen atoms in total. The number of aliphatic carboxylic acids is 1. The summed E-state index contributed by atoms with van der Waals surface area (Å²) in [5.74, 6) is -1.76. The molecule has 0 saturated carbocycles. The quantitative estimate of drug-likeness (QED) is 0.668. The smallest absolute Gasteiger partial charge is 0.308 e. The lowest BCUT2D eigenvalue weighted by Gasteiger charge is -2.34. The van der Waals surface area contributed by atoms with Crippen LogP contribution in [0.1, 0.15) is 23.7 Å². The van der Waals surface area contributed by atoms with Crippen LogP contribution in [0.15, 0.2) is 18.2 Å². The summed E-state index contributed by atoms with van der Waals surface area (Å²) in [6.45, 7) is 2.37. The van der Waals surface area contributed by atoms with Crippen LogP contribution in [-0.4, -0.2) is 47.0 Å². The summed E-state index contributed by atoms with van der Waals surface area (Å²) < 4.78 is 5.11. The minimum absolute atomic E-state index is 0.0403. The fourth-order valence-corrected chi connectivity index (χ4v) is 2.84. The van der Waals surface area contributed by atoms with Crippen molar-refractivity contribution in [2.45, 2.75) is 13.3 Å². The molecule has 0 aromatic heterocycles. The van der Waals surface area contributed by atoms with Gasteiger partial charge >= 0.3 is 5.97 Å². The van der Waals surface area contributed by atoms with Crippen molar-refractivity contribution in [3.8, 4) is 5.75 Å². The number of piperidine rings is 1. The van der Waals surface area contributed by atoms with Gasteiger partial charge in [-0.3, -0.25) is 19.7 Å². The molecule has 2 unspecified atom stereocenters. The van der Waals surface area contributed by atoms with E-state index in [0.717, 1.165) is 6.07 Å². The highest BCUT2D eigenvalue weighted by Gasteiger charge is 2.33. The molecule has 1 amide bonds. The number of nitro groups is 1. The molecular formula is C15H18N2O6. The summed E-state index contributed by atoms with van der Waals surface area (Å²) in [5.41, 5.74) is -0.145. The van der Waals surface area contributed by atoms with Gasteiger partial charge in [0.05, 0.1) is 23.5 Å². The van der Waals surface area contributed by atoms with Crippen LogP contribution in [0.25, 0.3) is 0 Å². The van der Waals surface area contributed by atoms with E-state index in [-0.39, 0.29) is 29.5 Å². The molecule has 0 spiro atoms. The number of benzene rings is 1. The number of carbonyl (C=O) groups is 2. The van der Waals surface area contributed by atoms with E-state index in [0.29, 0.717) is 13.0 Å². The standard InChI is InChI=1S/C15H18N2O6/c1-9-5-10(15(19)20)8-16(7-9)14(18)12-6-11(17(21)22)3-4-13(12)23-2/h3-4,6,9-10H,5,7-8H2,1-2H3,(H,19,20). The van der Waals surface area contributed by atoms with Crippen molar-refractivity contribution in [1.82, 2.24) is 4.90 Å². The lowest BCUT2D eigenvalue weighted by molar-refractivity contribution is -0.384. The highest BCUT2D eigenvalue weighted by Crippen LogP contribution is 2.28. The average molecular weight is 322 g/mol. The molecule has 23 heavy (non-hydrogen) atoms. The summed E-state index contributed by atoms with van der Waals surface area (Å²) >= 11 is 0. The number of ether oxygens (including phenoxy) is 1. The second-order valence-electron chi connectivity index (χ2n) is 5.73. The van der Waals surface area contributed by atoms with Crippen LogP contribution in [0, 0.1) is 22.0 Å². The third-order valence-corrected chi connectivity index (χ3v) is 3.92. The predicted octanol–water partition coefficient (Wildman–Crippen LogP) is 1.79. The van der Waals surface area contributed by atoms with E-state index in [1.807, 2.05) is 6.92 Å². The maximum absolute atomic E-state index is 12.7. The molecule has 1 aromatic rings. The number of non-ortho nitro benzene ring substituents is 1. The maximum atomic E-state index is 12.7. The molecule has 2 rings (SSSR count). The van der Waals surface area contributed by atoms with Crippen LogP contribution >= 0.6 is 0 Å². The van der Waals surface area contributed by atoms with Crippen LogP contribution in [0.3, 0.4) is 0 Å². The zero-order valence-electron chi connectivity index (χ0n) is 12.9. The summed E-state index contributed by atoms with van der Waals surface area (Å²) in [7, 11) is 1.37. The summed E-state index contributed by atoms with van der Waals surface area (Å²) in [5, 5.41) is 20.1. The first-order valence-electron chi connectivity index (χ1n) is 7.18. The molecule has 124 valence electrons. The Morgan fingerprint density at radius 2 is 2.09 bits per heavy atom. The largest absolute Gasteiger partial charge is 0.496 e. The molecule has 1 aromatic carbocycles. The Morgan fingerprint density at radius 3 is 2.65 bits per heavy atom. The van der Waals surface area contributed by atoms with Gasteiger partial charge in [-0.1, -0.05) is 6.92 Å². The Hall–Kier alpha value is -2.64. The van der Waals surface area contributed by atoms with Gasteiger partial charge in [0.25, 0.3) is 11.6 Å². The van der Waals surface area contributed by atoms with Crippen LogP contribution in [0.5, 0.6) is 5.75 Å². The van der Waals surface area contributed by atoms with Gasteiger partial charge in [-0.05, 0) is 18.4 Å². The molecule has 2 atom stereocenters. The van der Waals surface area contributed by atoms with Crippen LogP contribution in [-0.2, 0) is 4.79 Å². The Kier molecular flexibility index (Phi) is 4.83. The Labute approximate surface area is 132 Å². The van der Waals surface area contributed by atoms with E-state index < -0.39 is 22.7 Å². The minimum Gasteiger partial charge on any atom is -0.496 e. The Morgan fingerprint density at radius 1 is 1.39 bits per heavy atom. The van der Waals surface area contributed by atoms with E-state index in [1.165, 1.54) is 24.1 Å². The maximum Gasteiger partial charge on any atom is 0.308 e. The number of nitro benzene ring substituents is 1. The van der Waals surface area contributed by atoms with E-state index in [1.54, 1.807) is 0 Å². The lowest BCUT2D eigenvalue weighted by Crippen LogP contribution is -2.45. The van der Waals surface area contributed by atoms with Gasteiger partial charge in [-0.2, -0.15) is 0 Å². The van der Waals surface area contributed by atoms with Crippen molar-refractivity contribution in [3.05, 3.63) is 33.9 Å². The molecule has 0 aliphatic carbocycles. The monoisotopic (exact) mass is 322 g/mol. The molecule has 1 heterocycles. The van der Waals surface area contributed by atoms with Crippen molar-refractivity contribution in [2.75, 3.05) is 20.2 Å². The molecule has 0 bridgehead atoms. The van der Waals surface area contributed by atoms with Crippen molar-refractivity contribution < 1.29 is 24.4 Å². The fraction of sp³-hybridized carbons (Fsp3) is 0.467. The van der Waals surface area contributed by atoms with E-state index >= 15 is 0 Å². The first kappa shape index (κ1) is 16.7. The van der Waals surface area contributed by atoms with Gasteiger partial charge < -0.3 is 14.7 Å². The molecule has 1 N–H and O–H groups in total. The molecule has 1 saturated heterocycles. The van der Waals surface area contributed by atoms with Crippen molar-refractivity contribution in [3.63, 3.8) is 0 Å². The number of nitrogens with zero attached hydrogens (tertiary/aromatic N) is 2. The van der Waals surface area contributed by atoms with Crippen molar-refractivity contribution >= 4 is 17.6 Å². The van der Waals surface area contributed by atoms with Crippen LogP contribution in [0.2, 0.25) is 0 Å². The highest BCUT2D eigenvalue weighted by atomic mass is 16.6. The number of likely N-dealkylation sites (tertiary alicyclic amines) is 1. The Balaban J connectivity index is 2.33. The zero-order chi connectivity index (χ0) is 17.1. The Bertz CT molecular complexity index is 645. The van der Waals surface area contributed by atoms with Crippen LogP contribution in [0.4, 0.5) is 5.69 Å². The van der Waals surface area contributed by atoms with E-state index in [4.69, 9.17) is 4.74 Å². The van der Waals surface area contributed by atoms with Gasteiger partial charge in [0.15, 0.2) is 0 Å². The topological polar surface area (TPSA) is 110 Å². The van der Waals surface area contributed by atoms with Gasteiger partial charge in [-0.25, -0.2) is 0 Å². The number of methoxy groups -OCH3 is 1. The first-order chi connectivity index (χ1) is 10.8. The van der Waals surface area contributed by atoms with Gasteiger partial charge in [0.2, 0.25) is 0 Å². The number of rotatable bonds is 4. The molecule has 1 aliphatic rings. The van der Waals surface area contributed by atoms with Gasteiger partial charge in [0.1, 0.15) is 5.75 Å². The second kappa shape index (κ2) is 6.64. The highest BCUT2D eigenvalue weighted by molar-refractivity contribution is 5.98. The number of carboxylic acid groups (broad SMARTS) is 1. The number of carbonyl (C=O) groups excluding carboxylic acids is 1. The number of amides is 1. The van der Waals surface area contributed by atoms with Crippen molar-refractivity contribution in [1.29, 1.82) is 0 Å². The fourth-order valence-electron chi connectivity index (χ4n) is 2.84. The summed E-state index contributed by atoms with van der Waals surface area (Å²) in [4.78, 5) is 35.7. The number of hydrogen-bond donors (Lipinski definition) is 1. The summed E-state index contributed by atoms with van der Waals surface area (Å²) in [6, 6.07) is 3.79.